The summed E-state index contributed by atoms with van der Waals surface area (Å²) in [5.74, 6) is 0.681. The average molecular weight is 297 g/mol. The van der Waals surface area contributed by atoms with Crippen molar-refractivity contribution < 1.29 is 0 Å². The summed E-state index contributed by atoms with van der Waals surface area (Å²) in [7, 11) is 0. The Morgan fingerprint density at radius 3 is 2.90 bits per heavy atom. The molecular formula is C14H11N5OS. The number of nitrogens with zero attached hydrogens (tertiary/aromatic N) is 3. The van der Waals surface area contributed by atoms with Crippen LogP contribution in [0.25, 0.3) is 10.9 Å². The molecule has 7 heteroatoms. The number of guanidine groups is 1. The summed E-state index contributed by atoms with van der Waals surface area (Å²) in [5, 5.41) is 5.39. The molecule has 3 aromatic rings. The number of para-hydroxylation sites is 1. The van der Waals surface area contributed by atoms with E-state index >= 15 is 0 Å². The Kier molecular flexibility index (Phi) is 2.55. The van der Waals surface area contributed by atoms with Gasteiger partial charge in [-0.2, -0.15) is 0 Å². The fourth-order valence-electron chi connectivity index (χ4n) is 2.43. The number of fused-ring (bicyclic) bond motifs is 2. The highest BCUT2D eigenvalue weighted by Gasteiger charge is 2.25. The van der Waals surface area contributed by atoms with Gasteiger partial charge in [-0.15, -0.1) is 11.3 Å². The van der Waals surface area contributed by atoms with Crippen molar-refractivity contribution in [3.8, 4) is 0 Å². The highest BCUT2D eigenvalue weighted by Crippen LogP contribution is 2.28. The van der Waals surface area contributed by atoms with Crippen LogP contribution in [0.1, 0.15) is 11.0 Å². The standard InChI is InChI=1S/C14H11N5OS/c15-13-17-11(10-6-3-7-21-10)19-12(20)8-4-1-2-5-9(8)16-14(19)18-13/h1-7,11H,(H3,15,16,17,18). The summed E-state index contributed by atoms with van der Waals surface area (Å²) in [4.78, 5) is 22.5. The molecule has 1 aromatic carbocycles. The second-order valence-electron chi connectivity index (χ2n) is 4.66. The van der Waals surface area contributed by atoms with E-state index in [2.05, 4.69) is 15.3 Å². The van der Waals surface area contributed by atoms with E-state index in [1.54, 1.807) is 16.7 Å². The Bertz CT molecular complexity index is 913. The molecule has 0 saturated heterocycles. The third-order valence-corrected chi connectivity index (χ3v) is 4.26. The maximum absolute atomic E-state index is 12.8. The first-order valence-corrected chi connectivity index (χ1v) is 7.27. The lowest BCUT2D eigenvalue weighted by Gasteiger charge is -2.24. The zero-order valence-electron chi connectivity index (χ0n) is 10.9. The molecular weight excluding hydrogens is 286 g/mol. The summed E-state index contributed by atoms with van der Waals surface area (Å²) in [6.45, 7) is 0. The van der Waals surface area contributed by atoms with Crippen LogP contribution in [0.15, 0.2) is 51.6 Å². The third-order valence-electron chi connectivity index (χ3n) is 3.35. The number of benzene rings is 1. The average Bonchev–Trinajstić information content (AvgIpc) is 3.00. The Morgan fingerprint density at radius 1 is 1.24 bits per heavy atom. The number of aromatic nitrogens is 2. The lowest BCUT2D eigenvalue weighted by molar-refractivity contribution is 0.593. The molecule has 6 nitrogen and oxygen atoms in total. The second-order valence-corrected chi connectivity index (χ2v) is 5.64. The maximum atomic E-state index is 12.8. The molecule has 1 aliphatic rings. The van der Waals surface area contributed by atoms with Gasteiger partial charge in [-0.05, 0) is 23.6 Å². The number of anilines is 1. The van der Waals surface area contributed by atoms with Gasteiger partial charge in [0.05, 0.1) is 10.9 Å². The molecule has 3 heterocycles. The Labute approximate surface area is 123 Å². The van der Waals surface area contributed by atoms with Gasteiger partial charge in [0.15, 0.2) is 12.1 Å². The van der Waals surface area contributed by atoms with E-state index in [1.165, 1.54) is 11.3 Å². The molecule has 0 saturated carbocycles. The molecule has 4 rings (SSSR count). The third kappa shape index (κ3) is 1.82. The van der Waals surface area contributed by atoms with Crippen LogP contribution >= 0.6 is 11.3 Å². The zero-order chi connectivity index (χ0) is 14.4. The number of aliphatic imine (C=N–C) groups is 1. The molecule has 104 valence electrons. The smallest absolute Gasteiger partial charge is 0.264 e. The first-order chi connectivity index (χ1) is 10.2. The number of rotatable bonds is 1. The van der Waals surface area contributed by atoms with Crippen LogP contribution in [0.5, 0.6) is 0 Å². The zero-order valence-corrected chi connectivity index (χ0v) is 11.7. The van der Waals surface area contributed by atoms with Crippen LogP contribution in [0.4, 0.5) is 5.95 Å². The van der Waals surface area contributed by atoms with Gasteiger partial charge in [0.1, 0.15) is 0 Å². The minimum Gasteiger partial charge on any atom is -0.370 e. The second kappa shape index (κ2) is 4.42. The first kappa shape index (κ1) is 12.1. The molecule has 3 N–H and O–H groups in total. The molecule has 21 heavy (non-hydrogen) atoms. The van der Waals surface area contributed by atoms with Gasteiger partial charge in [0, 0.05) is 4.88 Å². The molecule has 1 aliphatic heterocycles. The van der Waals surface area contributed by atoms with Gasteiger partial charge in [0.25, 0.3) is 5.56 Å². The van der Waals surface area contributed by atoms with Gasteiger partial charge >= 0.3 is 0 Å². The van der Waals surface area contributed by atoms with Crippen LogP contribution < -0.4 is 16.6 Å². The molecule has 0 amide bonds. The van der Waals surface area contributed by atoms with Crippen LogP contribution in [0.3, 0.4) is 0 Å². The van der Waals surface area contributed by atoms with Crippen molar-refractivity contribution in [2.45, 2.75) is 6.17 Å². The van der Waals surface area contributed by atoms with Gasteiger partial charge in [0.2, 0.25) is 5.95 Å². The molecule has 0 fully saturated rings. The minimum atomic E-state index is -0.467. The van der Waals surface area contributed by atoms with E-state index in [0.717, 1.165) is 4.88 Å². The maximum Gasteiger partial charge on any atom is 0.264 e. The molecule has 0 spiro atoms. The number of nitrogens with one attached hydrogen (secondary N) is 1. The molecule has 2 aromatic heterocycles. The van der Waals surface area contributed by atoms with Crippen LogP contribution in [-0.4, -0.2) is 15.5 Å². The van der Waals surface area contributed by atoms with E-state index in [-0.39, 0.29) is 11.5 Å². The van der Waals surface area contributed by atoms with Crippen LogP contribution in [-0.2, 0) is 0 Å². The highest BCUT2D eigenvalue weighted by atomic mass is 32.1. The largest absolute Gasteiger partial charge is 0.370 e. The summed E-state index contributed by atoms with van der Waals surface area (Å²) in [5.41, 5.74) is 6.34. The lowest BCUT2D eigenvalue weighted by Crippen LogP contribution is -2.38. The molecule has 1 atom stereocenters. The van der Waals surface area contributed by atoms with Gasteiger partial charge in [-0.25, -0.2) is 14.5 Å². The van der Waals surface area contributed by atoms with E-state index in [9.17, 15) is 4.79 Å². The van der Waals surface area contributed by atoms with Crippen molar-refractivity contribution >= 4 is 34.1 Å². The number of thiophene rings is 1. The summed E-state index contributed by atoms with van der Waals surface area (Å²) >= 11 is 1.53. The Morgan fingerprint density at radius 2 is 2.10 bits per heavy atom. The van der Waals surface area contributed by atoms with E-state index < -0.39 is 6.17 Å². The van der Waals surface area contributed by atoms with E-state index in [1.807, 2.05) is 29.6 Å². The summed E-state index contributed by atoms with van der Waals surface area (Å²) in [6.07, 6.45) is -0.467. The van der Waals surface area contributed by atoms with Crippen LogP contribution in [0, 0.1) is 0 Å². The van der Waals surface area contributed by atoms with Crippen molar-refractivity contribution in [2.75, 3.05) is 5.32 Å². The van der Waals surface area contributed by atoms with Crippen molar-refractivity contribution in [3.05, 3.63) is 57.0 Å². The number of nitrogens with two attached hydrogens (primary N) is 1. The van der Waals surface area contributed by atoms with Crippen molar-refractivity contribution in [1.82, 2.24) is 9.55 Å². The molecule has 1 unspecified atom stereocenters. The van der Waals surface area contributed by atoms with E-state index in [0.29, 0.717) is 16.9 Å². The molecule has 0 bridgehead atoms. The van der Waals surface area contributed by atoms with Crippen molar-refractivity contribution in [3.63, 3.8) is 0 Å². The van der Waals surface area contributed by atoms with Gasteiger partial charge in [-0.1, -0.05) is 18.2 Å². The van der Waals surface area contributed by atoms with Gasteiger partial charge in [-0.3, -0.25) is 10.1 Å². The normalized spacial score (nSPS) is 17.1. The first-order valence-electron chi connectivity index (χ1n) is 6.39. The SMILES string of the molecule is NC1=NC(c2cccs2)n2c(nc3ccccc3c2=O)N1. The fourth-order valence-corrected chi connectivity index (χ4v) is 3.18. The van der Waals surface area contributed by atoms with Crippen molar-refractivity contribution in [1.29, 1.82) is 0 Å². The van der Waals surface area contributed by atoms with E-state index in [4.69, 9.17) is 5.73 Å². The number of hydrogen-bond acceptors (Lipinski definition) is 6. The quantitative estimate of drug-likeness (QED) is 0.716. The lowest BCUT2D eigenvalue weighted by atomic mass is 10.2. The van der Waals surface area contributed by atoms with Crippen molar-refractivity contribution in [2.24, 2.45) is 10.7 Å². The summed E-state index contributed by atoms with van der Waals surface area (Å²) in [6, 6.07) is 11.1. The predicted octanol–water partition coefficient (Wildman–Crippen LogP) is 1.75. The minimum absolute atomic E-state index is 0.127. The Hall–Kier alpha value is -2.67. The topological polar surface area (TPSA) is 85.3 Å². The summed E-state index contributed by atoms with van der Waals surface area (Å²) < 4.78 is 1.55. The fraction of sp³-hybridized carbons (Fsp3) is 0.0714. The predicted molar refractivity (Wildman–Crippen MR) is 83.7 cm³/mol. The van der Waals surface area contributed by atoms with Gasteiger partial charge < -0.3 is 5.73 Å². The van der Waals surface area contributed by atoms with Crippen LogP contribution in [0.2, 0.25) is 0 Å². The molecule has 0 aliphatic carbocycles. The molecule has 0 radical (unpaired) electrons. The monoisotopic (exact) mass is 297 g/mol. The highest BCUT2D eigenvalue weighted by molar-refractivity contribution is 7.10. The Balaban J connectivity index is 2.05. The number of hydrogen-bond donors (Lipinski definition) is 2.